The standard InChI is InChI=1S/C13H17ClN2O/c14-12-3-9(1-2-13(12)17)6-16-7-10-4-15-5-11(10)8-16/h1-3,10-11,15,17H,4-8H2/t10-,11+. The fraction of sp³-hybridized carbons (Fsp3) is 0.538. The first-order valence-corrected chi connectivity index (χ1v) is 6.50. The Balaban J connectivity index is 1.65. The Hall–Kier alpha value is -0.770. The van der Waals surface area contributed by atoms with Crippen LogP contribution in [0, 0.1) is 11.8 Å². The van der Waals surface area contributed by atoms with Crippen molar-refractivity contribution in [3.05, 3.63) is 28.8 Å². The molecule has 0 aliphatic carbocycles. The summed E-state index contributed by atoms with van der Waals surface area (Å²) in [7, 11) is 0. The van der Waals surface area contributed by atoms with Crippen molar-refractivity contribution in [2.24, 2.45) is 11.8 Å². The zero-order chi connectivity index (χ0) is 11.8. The van der Waals surface area contributed by atoms with Crippen molar-refractivity contribution in [3.63, 3.8) is 0 Å². The van der Waals surface area contributed by atoms with Crippen LogP contribution in [0.1, 0.15) is 5.56 Å². The van der Waals surface area contributed by atoms with Gasteiger partial charge in [0, 0.05) is 19.6 Å². The molecule has 2 saturated heterocycles. The number of benzene rings is 1. The summed E-state index contributed by atoms with van der Waals surface area (Å²) in [6.45, 7) is 5.62. The number of hydrogen-bond donors (Lipinski definition) is 2. The lowest BCUT2D eigenvalue weighted by Crippen LogP contribution is -2.25. The lowest BCUT2D eigenvalue weighted by Gasteiger charge is -2.17. The van der Waals surface area contributed by atoms with Gasteiger partial charge < -0.3 is 10.4 Å². The molecule has 3 rings (SSSR count). The predicted molar refractivity (Wildman–Crippen MR) is 68.2 cm³/mol. The maximum absolute atomic E-state index is 9.38. The predicted octanol–water partition coefficient (Wildman–Crippen LogP) is 1.70. The van der Waals surface area contributed by atoms with Gasteiger partial charge in [-0.3, -0.25) is 4.90 Å². The average Bonchev–Trinajstić information content (AvgIpc) is 2.84. The first kappa shape index (κ1) is 11.3. The van der Waals surface area contributed by atoms with Crippen molar-refractivity contribution in [1.82, 2.24) is 10.2 Å². The minimum absolute atomic E-state index is 0.165. The number of nitrogens with one attached hydrogen (secondary N) is 1. The highest BCUT2D eigenvalue weighted by molar-refractivity contribution is 6.32. The van der Waals surface area contributed by atoms with Gasteiger partial charge in [0.1, 0.15) is 5.75 Å². The third-order valence-electron chi connectivity index (χ3n) is 3.88. The topological polar surface area (TPSA) is 35.5 Å². The average molecular weight is 253 g/mol. The number of nitrogens with zero attached hydrogens (tertiary/aromatic N) is 1. The van der Waals surface area contributed by atoms with Crippen molar-refractivity contribution >= 4 is 11.6 Å². The maximum atomic E-state index is 9.38. The summed E-state index contributed by atoms with van der Waals surface area (Å²) >= 11 is 5.92. The molecular weight excluding hydrogens is 236 g/mol. The number of phenolic OH excluding ortho intramolecular Hbond substituents is 1. The highest BCUT2D eigenvalue weighted by Crippen LogP contribution is 2.29. The molecule has 4 heteroatoms. The molecule has 2 fully saturated rings. The normalized spacial score (nSPS) is 28.5. The number of likely N-dealkylation sites (tertiary alicyclic amines) is 1. The molecule has 0 spiro atoms. The van der Waals surface area contributed by atoms with Gasteiger partial charge >= 0.3 is 0 Å². The molecule has 0 saturated carbocycles. The van der Waals surface area contributed by atoms with E-state index in [2.05, 4.69) is 10.2 Å². The van der Waals surface area contributed by atoms with E-state index in [9.17, 15) is 5.11 Å². The van der Waals surface area contributed by atoms with E-state index in [1.165, 1.54) is 18.7 Å². The lowest BCUT2D eigenvalue weighted by atomic mass is 10.0. The van der Waals surface area contributed by atoms with E-state index < -0.39 is 0 Å². The van der Waals surface area contributed by atoms with Gasteiger partial charge in [-0.1, -0.05) is 17.7 Å². The van der Waals surface area contributed by atoms with Crippen LogP contribution in [0.25, 0.3) is 0 Å². The molecule has 2 atom stereocenters. The molecule has 2 N–H and O–H groups in total. The van der Waals surface area contributed by atoms with Crippen molar-refractivity contribution in [1.29, 1.82) is 0 Å². The molecule has 3 nitrogen and oxygen atoms in total. The Morgan fingerprint density at radius 1 is 1.29 bits per heavy atom. The molecule has 17 heavy (non-hydrogen) atoms. The summed E-state index contributed by atoms with van der Waals surface area (Å²) in [6, 6.07) is 5.49. The van der Waals surface area contributed by atoms with Crippen LogP contribution in [0.2, 0.25) is 5.02 Å². The molecule has 1 aromatic rings. The Morgan fingerprint density at radius 2 is 2.00 bits per heavy atom. The fourth-order valence-corrected chi connectivity index (χ4v) is 3.19. The zero-order valence-electron chi connectivity index (χ0n) is 9.69. The van der Waals surface area contributed by atoms with Crippen LogP contribution in [0.15, 0.2) is 18.2 Å². The SMILES string of the molecule is Oc1ccc(CN2C[C@H]3CNC[C@H]3C2)cc1Cl. The minimum atomic E-state index is 0.165. The number of halogens is 1. The molecule has 0 amide bonds. The van der Waals surface area contributed by atoms with Gasteiger partial charge in [0.15, 0.2) is 0 Å². The highest BCUT2D eigenvalue weighted by Gasteiger charge is 2.35. The summed E-state index contributed by atoms with van der Waals surface area (Å²) < 4.78 is 0. The van der Waals surface area contributed by atoms with Crippen LogP contribution < -0.4 is 5.32 Å². The first-order valence-electron chi connectivity index (χ1n) is 6.13. The van der Waals surface area contributed by atoms with Crippen LogP contribution in [-0.4, -0.2) is 36.2 Å². The Labute approximate surface area is 106 Å². The molecule has 0 radical (unpaired) electrons. The largest absolute Gasteiger partial charge is 0.506 e. The van der Waals surface area contributed by atoms with Crippen LogP contribution >= 0.6 is 11.6 Å². The molecule has 1 aromatic carbocycles. The van der Waals surface area contributed by atoms with Gasteiger partial charge in [-0.25, -0.2) is 0 Å². The quantitative estimate of drug-likeness (QED) is 0.841. The fourth-order valence-electron chi connectivity index (χ4n) is 2.99. The van der Waals surface area contributed by atoms with Crippen molar-refractivity contribution in [3.8, 4) is 5.75 Å². The second-order valence-electron chi connectivity index (χ2n) is 5.16. The lowest BCUT2D eigenvalue weighted by molar-refractivity contribution is 0.305. The van der Waals surface area contributed by atoms with Crippen LogP contribution in [0.3, 0.4) is 0 Å². The molecule has 0 bridgehead atoms. The van der Waals surface area contributed by atoms with E-state index >= 15 is 0 Å². The van der Waals surface area contributed by atoms with Gasteiger partial charge in [-0.15, -0.1) is 0 Å². The molecule has 2 heterocycles. The number of rotatable bonds is 2. The van der Waals surface area contributed by atoms with Gasteiger partial charge in [-0.05, 0) is 42.6 Å². The third kappa shape index (κ3) is 2.28. The molecular formula is C13H17ClN2O. The molecule has 0 unspecified atom stereocenters. The Kier molecular flexibility index (Phi) is 2.99. The summed E-state index contributed by atoms with van der Waals surface area (Å²) in [5.74, 6) is 1.81. The molecule has 2 aliphatic heterocycles. The van der Waals surface area contributed by atoms with E-state index in [4.69, 9.17) is 11.6 Å². The number of aromatic hydroxyl groups is 1. The van der Waals surface area contributed by atoms with E-state index in [1.807, 2.05) is 12.1 Å². The van der Waals surface area contributed by atoms with E-state index in [0.717, 1.165) is 31.5 Å². The molecule has 2 aliphatic rings. The monoisotopic (exact) mass is 252 g/mol. The second kappa shape index (κ2) is 4.48. The molecule has 92 valence electrons. The summed E-state index contributed by atoms with van der Waals surface area (Å²) in [5.41, 5.74) is 1.18. The first-order chi connectivity index (χ1) is 8.22. The van der Waals surface area contributed by atoms with E-state index in [1.54, 1.807) is 6.07 Å². The van der Waals surface area contributed by atoms with Gasteiger partial charge in [0.25, 0.3) is 0 Å². The maximum Gasteiger partial charge on any atom is 0.134 e. The molecule has 0 aromatic heterocycles. The van der Waals surface area contributed by atoms with Gasteiger partial charge in [0.05, 0.1) is 5.02 Å². The zero-order valence-corrected chi connectivity index (χ0v) is 10.5. The summed E-state index contributed by atoms with van der Waals surface area (Å²) in [6.07, 6.45) is 0. The summed E-state index contributed by atoms with van der Waals surface area (Å²) in [4.78, 5) is 2.49. The van der Waals surface area contributed by atoms with Crippen molar-refractivity contribution in [2.45, 2.75) is 6.54 Å². The number of phenols is 1. The van der Waals surface area contributed by atoms with Crippen LogP contribution in [0.4, 0.5) is 0 Å². The minimum Gasteiger partial charge on any atom is -0.506 e. The van der Waals surface area contributed by atoms with E-state index in [0.29, 0.717) is 5.02 Å². The van der Waals surface area contributed by atoms with Crippen molar-refractivity contribution < 1.29 is 5.11 Å². The number of fused-ring (bicyclic) bond motifs is 1. The van der Waals surface area contributed by atoms with Crippen LogP contribution in [-0.2, 0) is 6.54 Å². The third-order valence-corrected chi connectivity index (χ3v) is 4.19. The van der Waals surface area contributed by atoms with Gasteiger partial charge in [-0.2, -0.15) is 0 Å². The van der Waals surface area contributed by atoms with E-state index in [-0.39, 0.29) is 5.75 Å². The van der Waals surface area contributed by atoms with Crippen molar-refractivity contribution in [2.75, 3.05) is 26.2 Å². The smallest absolute Gasteiger partial charge is 0.134 e. The number of hydrogen-bond acceptors (Lipinski definition) is 3. The second-order valence-corrected chi connectivity index (χ2v) is 5.57. The summed E-state index contributed by atoms with van der Waals surface area (Å²) in [5, 5.41) is 13.3. The van der Waals surface area contributed by atoms with Gasteiger partial charge in [0.2, 0.25) is 0 Å². The highest BCUT2D eigenvalue weighted by atomic mass is 35.5. The van der Waals surface area contributed by atoms with Crippen LogP contribution in [0.5, 0.6) is 5.75 Å². The Morgan fingerprint density at radius 3 is 2.65 bits per heavy atom. The Bertz CT molecular complexity index is 412.